The van der Waals surface area contributed by atoms with Crippen LogP contribution in [0, 0.1) is 6.92 Å². The molecule has 1 aromatic carbocycles. The molecule has 0 saturated carbocycles. The SMILES string of the molecule is CCOC(=O)c1ccoc1CNc1cc(C(=O)OC)ccc1C. The summed E-state index contributed by atoms with van der Waals surface area (Å²) >= 11 is 0. The van der Waals surface area contributed by atoms with Crippen molar-refractivity contribution in [1.29, 1.82) is 0 Å². The summed E-state index contributed by atoms with van der Waals surface area (Å²) in [7, 11) is 1.34. The molecule has 1 heterocycles. The zero-order chi connectivity index (χ0) is 16.8. The molecule has 0 aliphatic carbocycles. The first-order chi connectivity index (χ1) is 11.1. The van der Waals surface area contributed by atoms with Gasteiger partial charge in [-0.15, -0.1) is 0 Å². The van der Waals surface area contributed by atoms with Gasteiger partial charge in [0.15, 0.2) is 0 Å². The van der Waals surface area contributed by atoms with Gasteiger partial charge in [-0.1, -0.05) is 6.07 Å². The van der Waals surface area contributed by atoms with E-state index in [1.54, 1.807) is 25.1 Å². The molecule has 0 unspecified atom stereocenters. The van der Waals surface area contributed by atoms with E-state index >= 15 is 0 Å². The summed E-state index contributed by atoms with van der Waals surface area (Å²) in [6.07, 6.45) is 1.45. The molecule has 0 bridgehead atoms. The Hall–Kier alpha value is -2.76. The number of nitrogens with one attached hydrogen (secondary N) is 1. The van der Waals surface area contributed by atoms with Gasteiger partial charge < -0.3 is 19.2 Å². The van der Waals surface area contributed by atoms with Crippen LogP contribution in [0.15, 0.2) is 34.9 Å². The number of methoxy groups -OCH3 is 1. The second-order valence-electron chi connectivity index (χ2n) is 4.85. The molecule has 0 radical (unpaired) electrons. The summed E-state index contributed by atoms with van der Waals surface area (Å²) < 4.78 is 15.0. The van der Waals surface area contributed by atoms with Crippen LogP contribution in [0.5, 0.6) is 0 Å². The molecule has 23 heavy (non-hydrogen) atoms. The van der Waals surface area contributed by atoms with Crippen molar-refractivity contribution in [2.24, 2.45) is 0 Å². The van der Waals surface area contributed by atoms with E-state index in [1.165, 1.54) is 13.4 Å². The molecule has 0 amide bonds. The first-order valence-electron chi connectivity index (χ1n) is 7.23. The minimum atomic E-state index is -0.418. The molecule has 122 valence electrons. The number of hydrogen-bond donors (Lipinski definition) is 1. The Morgan fingerprint density at radius 3 is 2.70 bits per heavy atom. The summed E-state index contributed by atoms with van der Waals surface area (Å²) in [6.45, 7) is 4.26. The van der Waals surface area contributed by atoms with E-state index in [9.17, 15) is 9.59 Å². The first kappa shape index (κ1) is 16.6. The number of carbonyl (C=O) groups excluding carboxylic acids is 2. The van der Waals surface area contributed by atoms with Crippen LogP contribution in [0.4, 0.5) is 5.69 Å². The Bertz CT molecular complexity index is 705. The summed E-state index contributed by atoms with van der Waals surface area (Å²) in [6, 6.07) is 6.80. The van der Waals surface area contributed by atoms with Gasteiger partial charge in [0, 0.05) is 5.69 Å². The second-order valence-corrected chi connectivity index (χ2v) is 4.85. The van der Waals surface area contributed by atoms with Crippen LogP contribution in [0.2, 0.25) is 0 Å². The predicted octanol–water partition coefficient (Wildman–Crippen LogP) is 3.16. The zero-order valence-electron chi connectivity index (χ0n) is 13.3. The molecule has 0 aliphatic rings. The number of rotatable bonds is 6. The van der Waals surface area contributed by atoms with E-state index in [0.29, 0.717) is 30.0 Å². The third kappa shape index (κ3) is 3.91. The van der Waals surface area contributed by atoms with Crippen molar-refractivity contribution in [2.75, 3.05) is 19.0 Å². The fourth-order valence-electron chi connectivity index (χ4n) is 2.10. The van der Waals surface area contributed by atoms with Gasteiger partial charge in [0.25, 0.3) is 0 Å². The third-order valence-corrected chi connectivity index (χ3v) is 3.34. The third-order valence-electron chi connectivity index (χ3n) is 3.34. The van der Waals surface area contributed by atoms with Crippen LogP contribution >= 0.6 is 0 Å². The Morgan fingerprint density at radius 1 is 1.22 bits per heavy atom. The number of ether oxygens (including phenoxy) is 2. The van der Waals surface area contributed by atoms with Crippen LogP contribution < -0.4 is 5.32 Å². The van der Waals surface area contributed by atoms with Gasteiger partial charge in [-0.25, -0.2) is 9.59 Å². The van der Waals surface area contributed by atoms with Crippen LogP contribution in [0.1, 0.15) is 39.0 Å². The van der Waals surface area contributed by atoms with E-state index in [2.05, 4.69) is 5.32 Å². The van der Waals surface area contributed by atoms with E-state index in [0.717, 1.165) is 11.3 Å². The minimum absolute atomic E-state index is 0.298. The fourth-order valence-corrected chi connectivity index (χ4v) is 2.10. The molecule has 0 fully saturated rings. The van der Waals surface area contributed by atoms with E-state index < -0.39 is 11.9 Å². The van der Waals surface area contributed by atoms with Crippen LogP contribution in [0.25, 0.3) is 0 Å². The maximum Gasteiger partial charge on any atom is 0.341 e. The van der Waals surface area contributed by atoms with Gasteiger partial charge in [-0.05, 0) is 37.6 Å². The van der Waals surface area contributed by atoms with Gasteiger partial charge in [-0.2, -0.15) is 0 Å². The molecule has 2 aromatic rings. The van der Waals surface area contributed by atoms with Crippen LogP contribution in [-0.4, -0.2) is 25.7 Å². The first-order valence-corrected chi connectivity index (χ1v) is 7.23. The fraction of sp³-hybridized carbons (Fsp3) is 0.294. The van der Waals surface area contributed by atoms with Crippen molar-refractivity contribution in [3.05, 3.63) is 53.0 Å². The number of furan rings is 1. The molecule has 6 nitrogen and oxygen atoms in total. The molecule has 1 N–H and O–H groups in total. The molecule has 0 atom stereocenters. The van der Waals surface area contributed by atoms with Crippen molar-refractivity contribution < 1.29 is 23.5 Å². The Balaban J connectivity index is 2.14. The van der Waals surface area contributed by atoms with Crippen molar-refractivity contribution >= 4 is 17.6 Å². The highest BCUT2D eigenvalue weighted by atomic mass is 16.5. The molecule has 0 spiro atoms. The van der Waals surface area contributed by atoms with E-state index in [1.807, 2.05) is 13.0 Å². The highest BCUT2D eigenvalue weighted by molar-refractivity contribution is 5.91. The maximum atomic E-state index is 11.8. The molecular weight excluding hydrogens is 298 g/mol. The Labute approximate surface area is 134 Å². The Morgan fingerprint density at radius 2 is 2.00 bits per heavy atom. The second kappa shape index (κ2) is 7.49. The van der Waals surface area contributed by atoms with Crippen LogP contribution in [0.3, 0.4) is 0 Å². The number of aryl methyl sites for hydroxylation is 1. The predicted molar refractivity (Wildman–Crippen MR) is 84.5 cm³/mol. The number of hydrogen-bond acceptors (Lipinski definition) is 6. The van der Waals surface area contributed by atoms with E-state index in [4.69, 9.17) is 13.9 Å². The zero-order valence-corrected chi connectivity index (χ0v) is 13.3. The van der Waals surface area contributed by atoms with Crippen molar-refractivity contribution in [2.45, 2.75) is 20.4 Å². The van der Waals surface area contributed by atoms with Gasteiger partial charge in [0.05, 0.1) is 32.1 Å². The molecule has 0 aliphatic heterocycles. The summed E-state index contributed by atoms with van der Waals surface area (Å²) in [4.78, 5) is 23.4. The quantitative estimate of drug-likeness (QED) is 0.825. The van der Waals surface area contributed by atoms with Gasteiger partial charge in [0.1, 0.15) is 11.3 Å². The van der Waals surface area contributed by atoms with Crippen molar-refractivity contribution in [3.8, 4) is 0 Å². The standard InChI is InChI=1S/C17H19NO5/c1-4-22-17(20)13-7-8-23-15(13)10-18-14-9-12(16(19)21-3)6-5-11(14)2/h5-9,18H,4,10H2,1-3H3. The number of anilines is 1. The summed E-state index contributed by atoms with van der Waals surface area (Å²) in [5.41, 5.74) is 2.56. The largest absolute Gasteiger partial charge is 0.467 e. The topological polar surface area (TPSA) is 77.8 Å². The highest BCUT2D eigenvalue weighted by Gasteiger charge is 2.16. The minimum Gasteiger partial charge on any atom is -0.467 e. The lowest BCUT2D eigenvalue weighted by Crippen LogP contribution is -2.09. The smallest absolute Gasteiger partial charge is 0.341 e. The lowest BCUT2D eigenvalue weighted by molar-refractivity contribution is 0.0523. The van der Waals surface area contributed by atoms with Crippen molar-refractivity contribution in [3.63, 3.8) is 0 Å². The molecular formula is C17H19NO5. The average Bonchev–Trinajstić information content (AvgIpc) is 3.02. The highest BCUT2D eigenvalue weighted by Crippen LogP contribution is 2.20. The average molecular weight is 317 g/mol. The lowest BCUT2D eigenvalue weighted by atomic mass is 10.1. The molecule has 6 heteroatoms. The van der Waals surface area contributed by atoms with Gasteiger partial charge >= 0.3 is 11.9 Å². The Kier molecular flexibility index (Phi) is 5.41. The number of carbonyl (C=O) groups is 2. The van der Waals surface area contributed by atoms with Crippen molar-refractivity contribution in [1.82, 2.24) is 0 Å². The molecule has 0 saturated heterocycles. The molecule has 1 aromatic heterocycles. The van der Waals surface area contributed by atoms with Gasteiger partial charge in [0.2, 0.25) is 0 Å². The summed E-state index contributed by atoms with van der Waals surface area (Å²) in [5.74, 6) is -0.345. The van der Waals surface area contributed by atoms with E-state index in [-0.39, 0.29) is 0 Å². The normalized spacial score (nSPS) is 10.2. The monoisotopic (exact) mass is 317 g/mol. The summed E-state index contributed by atoms with van der Waals surface area (Å²) in [5, 5.41) is 3.16. The van der Waals surface area contributed by atoms with Crippen LogP contribution in [-0.2, 0) is 16.0 Å². The number of benzene rings is 1. The number of esters is 2. The lowest BCUT2D eigenvalue weighted by Gasteiger charge is -2.11. The maximum absolute atomic E-state index is 11.8. The molecule has 2 rings (SSSR count). The van der Waals surface area contributed by atoms with Gasteiger partial charge in [-0.3, -0.25) is 0 Å².